The van der Waals surface area contributed by atoms with Crippen LogP contribution in [-0.4, -0.2) is 16.7 Å². The van der Waals surface area contributed by atoms with E-state index in [9.17, 15) is 9.59 Å². The monoisotopic (exact) mass is 451 g/mol. The van der Waals surface area contributed by atoms with Gasteiger partial charge in [0.15, 0.2) is 5.78 Å². The van der Waals surface area contributed by atoms with Crippen molar-refractivity contribution in [2.75, 3.05) is 5.32 Å². The number of ether oxygens (including phenoxy) is 1. The molecule has 1 aliphatic carbocycles. The first-order chi connectivity index (χ1) is 16.6. The summed E-state index contributed by atoms with van der Waals surface area (Å²) < 4.78 is 6.05. The predicted molar refractivity (Wildman–Crippen MR) is 130 cm³/mol. The van der Waals surface area contributed by atoms with Gasteiger partial charge in [-0.3, -0.25) is 9.59 Å². The number of ketones is 1. The van der Waals surface area contributed by atoms with Crippen molar-refractivity contribution in [2.45, 2.75) is 32.1 Å². The summed E-state index contributed by atoms with van der Waals surface area (Å²) in [5, 5.41) is 6.24. The number of allylic oxidation sites excluding steroid dienone is 3. The van der Waals surface area contributed by atoms with Gasteiger partial charge >= 0.3 is 0 Å². The molecule has 2 heterocycles. The van der Waals surface area contributed by atoms with Crippen molar-refractivity contribution in [1.29, 1.82) is 0 Å². The van der Waals surface area contributed by atoms with Crippen LogP contribution in [-0.2, 0) is 9.59 Å². The number of Topliss-reactive ketones (excluding diaryl/α,β-unsaturated/α-hetero) is 1. The number of aromatic nitrogens is 1. The van der Waals surface area contributed by atoms with Crippen molar-refractivity contribution >= 4 is 17.5 Å². The zero-order valence-corrected chi connectivity index (χ0v) is 18.9. The molecule has 1 aliphatic heterocycles. The SMILES string of the molecule is CC1=C(C(=O)Nc2ccccn2)[C@@H](c2cccc(Oc3ccccc3)c2)C2=C(CCCC2=O)N1. The van der Waals surface area contributed by atoms with Gasteiger partial charge in [0.1, 0.15) is 17.3 Å². The number of nitrogens with one attached hydrogen (secondary N) is 2. The Hall–Kier alpha value is -4.19. The van der Waals surface area contributed by atoms with Gasteiger partial charge in [0.25, 0.3) is 5.91 Å². The molecule has 0 saturated heterocycles. The number of dihydropyridines is 1. The van der Waals surface area contributed by atoms with E-state index in [0.717, 1.165) is 35.5 Å². The summed E-state index contributed by atoms with van der Waals surface area (Å²) in [6.07, 6.45) is 3.69. The van der Waals surface area contributed by atoms with Gasteiger partial charge in [-0.1, -0.05) is 36.4 Å². The Labute approximate surface area is 198 Å². The smallest absolute Gasteiger partial charge is 0.255 e. The zero-order valence-electron chi connectivity index (χ0n) is 18.9. The van der Waals surface area contributed by atoms with Crippen molar-refractivity contribution < 1.29 is 14.3 Å². The molecule has 0 fully saturated rings. The van der Waals surface area contributed by atoms with Crippen LogP contribution in [0, 0.1) is 0 Å². The summed E-state index contributed by atoms with van der Waals surface area (Å²) in [5.74, 6) is 1.12. The lowest BCUT2D eigenvalue weighted by molar-refractivity contribution is -0.116. The summed E-state index contributed by atoms with van der Waals surface area (Å²) in [5.41, 5.74) is 3.66. The number of anilines is 1. The molecule has 5 rings (SSSR count). The first kappa shape index (κ1) is 21.6. The third-order valence-corrected chi connectivity index (χ3v) is 6.10. The Balaban J connectivity index is 1.56. The number of hydrogen-bond acceptors (Lipinski definition) is 5. The van der Waals surface area contributed by atoms with Crippen molar-refractivity contribution in [3.05, 3.63) is 107 Å². The van der Waals surface area contributed by atoms with Crippen LogP contribution in [0.25, 0.3) is 0 Å². The Morgan fingerprint density at radius 1 is 1.00 bits per heavy atom. The van der Waals surface area contributed by atoms with E-state index in [1.165, 1.54) is 0 Å². The first-order valence-electron chi connectivity index (χ1n) is 11.4. The second-order valence-electron chi connectivity index (χ2n) is 8.42. The molecule has 2 N–H and O–H groups in total. The van der Waals surface area contributed by atoms with Gasteiger partial charge in [0.05, 0.1) is 0 Å². The molecule has 1 atom stereocenters. The van der Waals surface area contributed by atoms with Crippen LogP contribution in [0.5, 0.6) is 11.5 Å². The van der Waals surface area contributed by atoms with Crippen LogP contribution in [0.1, 0.15) is 37.7 Å². The number of carbonyl (C=O) groups excluding carboxylic acids is 2. The van der Waals surface area contributed by atoms with E-state index in [1.54, 1.807) is 18.3 Å². The van der Waals surface area contributed by atoms with Gasteiger partial charge in [-0.25, -0.2) is 4.98 Å². The second kappa shape index (κ2) is 9.35. The van der Waals surface area contributed by atoms with E-state index in [-0.39, 0.29) is 11.7 Å². The van der Waals surface area contributed by atoms with Crippen LogP contribution in [0.4, 0.5) is 5.82 Å². The lowest BCUT2D eigenvalue weighted by atomic mass is 9.75. The van der Waals surface area contributed by atoms with Gasteiger partial charge in [-0.15, -0.1) is 0 Å². The average molecular weight is 452 g/mol. The highest BCUT2D eigenvalue weighted by molar-refractivity contribution is 6.09. The minimum Gasteiger partial charge on any atom is -0.457 e. The summed E-state index contributed by atoms with van der Waals surface area (Å²) in [7, 11) is 0. The molecule has 170 valence electrons. The standard InChI is InChI=1S/C28H25N3O3/c1-18-25(28(33)31-24-15-5-6-16-29-24)26(27-22(30-18)13-8-14-23(27)32)19-9-7-12-21(17-19)34-20-10-3-2-4-11-20/h2-7,9-12,15-17,26,30H,8,13-14H2,1H3,(H,29,31,33)/t26-/m1/s1. The lowest BCUT2D eigenvalue weighted by Crippen LogP contribution is -2.35. The number of hydrogen-bond donors (Lipinski definition) is 2. The van der Waals surface area contributed by atoms with Gasteiger partial charge < -0.3 is 15.4 Å². The normalized spacial score (nSPS) is 17.7. The number of pyridine rings is 1. The average Bonchev–Trinajstić information content (AvgIpc) is 2.85. The molecule has 34 heavy (non-hydrogen) atoms. The molecule has 0 bridgehead atoms. The molecule has 2 aromatic carbocycles. The highest BCUT2D eigenvalue weighted by Crippen LogP contribution is 2.43. The molecular weight excluding hydrogens is 426 g/mol. The van der Waals surface area contributed by atoms with Crippen molar-refractivity contribution in [3.63, 3.8) is 0 Å². The van der Waals surface area contributed by atoms with E-state index in [1.807, 2.05) is 67.6 Å². The minimum atomic E-state index is -0.493. The lowest BCUT2D eigenvalue weighted by Gasteiger charge is -2.34. The third kappa shape index (κ3) is 4.35. The van der Waals surface area contributed by atoms with Crippen molar-refractivity contribution in [2.24, 2.45) is 0 Å². The molecule has 6 nitrogen and oxygen atoms in total. The van der Waals surface area contributed by atoms with E-state index in [4.69, 9.17) is 4.74 Å². The number of benzene rings is 2. The highest BCUT2D eigenvalue weighted by atomic mass is 16.5. The number of amides is 1. The zero-order chi connectivity index (χ0) is 23.5. The number of nitrogens with zero attached hydrogens (tertiary/aromatic N) is 1. The van der Waals surface area contributed by atoms with Crippen LogP contribution in [0.3, 0.4) is 0 Å². The number of carbonyl (C=O) groups is 2. The highest BCUT2D eigenvalue weighted by Gasteiger charge is 2.38. The second-order valence-corrected chi connectivity index (χ2v) is 8.42. The molecule has 0 spiro atoms. The first-order valence-corrected chi connectivity index (χ1v) is 11.4. The topological polar surface area (TPSA) is 80.3 Å². The maximum atomic E-state index is 13.5. The summed E-state index contributed by atoms with van der Waals surface area (Å²) >= 11 is 0. The van der Waals surface area contributed by atoms with Gasteiger partial charge in [0.2, 0.25) is 0 Å². The summed E-state index contributed by atoms with van der Waals surface area (Å²) in [4.78, 5) is 30.9. The van der Waals surface area contributed by atoms with Crippen LogP contribution >= 0.6 is 0 Å². The number of rotatable bonds is 5. The van der Waals surface area contributed by atoms with E-state index in [0.29, 0.717) is 29.1 Å². The van der Waals surface area contributed by atoms with Crippen LogP contribution in [0.2, 0.25) is 0 Å². The molecule has 3 aromatic rings. The fourth-order valence-corrected chi connectivity index (χ4v) is 4.62. The Bertz CT molecular complexity index is 1300. The molecule has 0 unspecified atom stereocenters. The Kier molecular flexibility index (Phi) is 5.95. The van der Waals surface area contributed by atoms with Gasteiger partial charge in [-0.05, 0) is 61.7 Å². The van der Waals surface area contributed by atoms with Crippen molar-refractivity contribution in [1.82, 2.24) is 10.3 Å². The quantitative estimate of drug-likeness (QED) is 0.537. The fraction of sp³-hybridized carbons (Fsp3) is 0.179. The maximum Gasteiger partial charge on any atom is 0.255 e. The molecule has 6 heteroatoms. The number of para-hydroxylation sites is 1. The Morgan fingerprint density at radius 2 is 1.79 bits per heavy atom. The molecule has 2 aliphatic rings. The van der Waals surface area contributed by atoms with Crippen molar-refractivity contribution in [3.8, 4) is 11.5 Å². The van der Waals surface area contributed by atoms with E-state index in [2.05, 4.69) is 15.6 Å². The van der Waals surface area contributed by atoms with Gasteiger partial charge in [-0.2, -0.15) is 0 Å². The molecule has 0 radical (unpaired) electrons. The molecular formula is C28H25N3O3. The van der Waals surface area contributed by atoms with E-state index >= 15 is 0 Å². The van der Waals surface area contributed by atoms with Crippen LogP contribution in [0.15, 0.2) is 102 Å². The predicted octanol–water partition coefficient (Wildman–Crippen LogP) is 5.48. The Morgan fingerprint density at radius 3 is 2.59 bits per heavy atom. The summed E-state index contributed by atoms with van der Waals surface area (Å²) in [6, 6.07) is 22.5. The molecule has 1 aromatic heterocycles. The maximum absolute atomic E-state index is 13.5. The molecule has 1 amide bonds. The third-order valence-electron chi connectivity index (χ3n) is 6.10. The molecule has 0 saturated carbocycles. The fourth-order valence-electron chi connectivity index (χ4n) is 4.62. The largest absolute Gasteiger partial charge is 0.457 e. The minimum absolute atomic E-state index is 0.0729. The van der Waals surface area contributed by atoms with Crippen LogP contribution < -0.4 is 15.4 Å². The van der Waals surface area contributed by atoms with E-state index < -0.39 is 5.92 Å². The summed E-state index contributed by atoms with van der Waals surface area (Å²) in [6.45, 7) is 1.88. The van der Waals surface area contributed by atoms with Gasteiger partial charge in [0, 0.05) is 41.1 Å².